The molecule has 0 spiro atoms. The van der Waals surface area contributed by atoms with Crippen LogP contribution in [0.1, 0.15) is 0 Å². The third-order valence-electron chi connectivity index (χ3n) is 10.2. The molecule has 10 aromatic carbocycles. The number of hydrogen-bond acceptors (Lipinski definition) is 0. The molecular formula is C48H30. The predicted molar refractivity (Wildman–Crippen MR) is 207 cm³/mol. The van der Waals surface area contributed by atoms with Gasteiger partial charge in [0.05, 0.1) is 0 Å². The lowest BCUT2D eigenvalue weighted by molar-refractivity contribution is 1.60. The lowest BCUT2D eigenvalue weighted by Gasteiger charge is -2.21. The summed E-state index contributed by atoms with van der Waals surface area (Å²) in [6.45, 7) is 0. The Balaban J connectivity index is 1.37. The average Bonchev–Trinajstić information content (AvgIpc) is 3.16. The van der Waals surface area contributed by atoms with E-state index in [1.807, 2.05) is 0 Å². The fraction of sp³-hybridized carbons (Fsp3) is 0. The second-order valence-corrected chi connectivity index (χ2v) is 12.8. The molecule has 0 nitrogen and oxygen atoms in total. The zero-order valence-electron chi connectivity index (χ0n) is 26.3. The maximum Gasteiger partial charge on any atom is -0.00141 e. The van der Waals surface area contributed by atoms with Gasteiger partial charge in [0.15, 0.2) is 0 Å². The molecule has 222 valence electrons. The minimum atomic E-state index is 1.23. The first-order chi connectivity index (χ1) is 23.8. The van der Waals surface area contributed by atoms with Crippen molar-refractivity contribution >= 4 is 53.9 Å². The van der Waals surface area contributed by atoms with Gasteiger partial charge in [-0.05, 0) is 104 Å². The first kappa shape index (κ1) is 26.9. The number of fused-ring (bicyclic) bond motifs is 2. The molecule has 0 aliphatic carbocycles. The number of benzene rings is 10. The molecule has 0 bridgehead atoms. The van der Waals surface area contributed by atoms with Gasteiger partial charge in [0.25, 0.3) is 0 Å². The first-order valence-corrected chi connectivity index (χ1v) is 16.7. The molecule has 0 atom stereocenters. The summed E-state index contributed by atoms with van der Waals surface area (Å²) < 4.78 is 0. The van der Waals surface area contributed by atoms with E-state index in [9.17, 15) is 0 Å². The van der Waals surface area contributed by atoms with E-state index in [1.54, 1.807) is 0 Å². The molecular weight excluding hydrogens is 577 g/mol. The van der Waals surface area contributed by atoms with Crippen molar-refractivity contribution in [3.8, 4) is 44.5 Å². The highest BCUT2D eigenvalue weighted by molar-refractivity contribution is 6.31. The number of hydrogen-bond donors (Lipinski definition) is 0. The Morgan fingerprint density at radius 1 is 0.208 bits per heavy atom. The van der Waals surface area contributed by atoms with E-state index in [0.717, 1.165) is 0 Å². The summed E-state index contributed by atoms with van der Waals surface area (Å²) in [6.07, 6.45) is 0. The summed E-state index contributed by atoms with van der Waals surface area (Å²) >= 11 is 0. The van der Waals surface area contributed by atoms with Crippen LogP contribution in [0.5, 0.6) is 0 Å². The van der Waals surface area contributed by atoms with Crippen molar-refractivity contribution in [1.82, 2.24) is 0 Å². The van der Waals surface area contributed by atoms with E-state index >= 15 is 0 Å². The van der Waals surface area contributed by atoms with Crippen LogP contribution in [0.15, 0.2) is 182 Å². The van der Waals surface area contributed by atoms with Crippen molar-refractivity contribution in [2.45, 2.75) is 0 Å². The summed E-state index contributed by atoms with van der Waals surface area (Å²) in [4.78, 5) is 0. The Kier molecular flexibility index (Phi) is 5.98. The van der Waals surface area contributed by atoms with Crippen molar-refractivity contribution in [2.75, 3.05) is 0 Å². The molecule has 0 amide bonds. The van der Waals surface area contributed by atoms with E-state index in [4.69, 9.17) is 0 Å². The van der Waals surface area contributed by atoms with Crippen LogP contribution in [0, 0.1) is 0 Å². The maximum atomic E-state index is 2.46. The van der Waals surface area contributed by atoms with Gasteiger partial charge in [0, 0.05) is 0 Å². The topological polar surface area (TPSA) is 0 Å². The smallest absolute Gasteiger partial charge is 0.00141 e. The first-order valence-electron chi connectivity index (χ1n) is 16.7. The average molecular weight is 607 g/mol. The highest BCUT2D eigenvalue weighted by Gasteiger charge is 2.21. The molecule has 10 rings (SSSR count). The van der Waals surface area contributed by atoms with Gasteiger partial charge in [0.1, 0.15) is 0 Å². The van der Waals surface area contributed by atoms with E-state index in [2.05, 4.69) is 182 Å². The summed E-state index contributed by atoms with van der Waals surface area (Å²) in [5.74, 6) is 0. The molecule has 10 aromatic rings. The molecule has 0 unspecified atom stereocenters. The Morgan fingerprint density at radius 2 is 0.667 bits per heavy atom. The molecule has 0 radical (unpaired) electrons. The van der Waals surface area contributed by atoms with Crippen LogP contribution in [0.25, 0.3) is 98.4 Å². The standard InChI is InChI=1S/C48H30/c1-2-12-31(13-3-1)36-20-8-9-21-39(36)45-30-46(40-23-11-17-33-15-5-7-19-37(33)40)43-27-25-34-24-26-41(42-28-29-44(45)48(43)47(34)42)38-22-10-16-32-14-4-6-18-35(32)38/h1-30H. The molecule has 0 N–H and O–H groups in total. The summed E-state index contributed by atoms with van der Waals surface area (Å²) in [7, 11) is 0. The minimum absolute atomic E-state index is 1.23. The fourth-order valence-corrected chi connectivity index (χ4v) is 8.09. The highest BCUT2D eigenvalue weighted by atomic mass is 14.2. The van der Waals surface area contributed by atoms with Crippen LogP contribution in [-0.4, -0.2) is 0 Å². The molecule has 48 heavy (non-hydrogen) atoms. The summed E-state index contributed by atoms with van der Waals surface area (Å²) in [5.41, 5.74) is 10.1. The normalized spacial score (nSPS) is 11.8. The monoisotopic (exact) mass is 606 g/mol. The predicted octanol–water partition coefficient (Wildman–Crippen LogP) is 13.6. The molecule has 0 aromatic heterocycles. The lowest BCUT2D eigenvalue weighted by atomic mass is 9.82. The van der Waals surface area contributed by atoms with Crippen molar-refractivity contribution < 1.29 is 0 Å². The van der Waals surface area contributed by atoms with Gasteiger partial charge in [-0.25, -0.2) is 0 Å². The molecule has 0 aliphatic rings. The summed E-state index contributed by atoms with van der Waals surface area (Å²) in [6, 6.07) is 67.1. The van der Waals surface area contributed by atoms with Crippen LogP contribution in [0.4, 0.5) is 0 Å². The third-order valence-corrected chi connectivity index (χ3v) is 10.2. The van der Waals surface area contributed by atoms with Gasteiger partial charge >= 0.3 is 0 Å². The zero-order valence-corrected chi connectivity index (χ0v) is 26.3. The van der Waals surface area contributed by atoms with Crippen LogP contribution < -0.4 is 0 Å². The van der Waals surface area contributed by atoms with E-state index in [-0.39, 0.29) is 0 Å². The molecule has 0 saturated carbocycles. The van der Waals surface area contributed by atoms with Gasteiger partial charge in [0.2, 0.25) is 0 Å². The molecule has 0 heterocycles. The van der Waals surface area contributed by atoms with Crippen molar-refractivity contribution in [3.63, 3.8) is 0 Å². The highest BCUT2D eigenvalue weighted by Crippen LogP contribution is 2.48. The summed E-state index contributed by atoms with van der Waals surface area (Å²) in [5, 5.41) is 12.9. The second kappa shape index (κ2) is 10.7. The Bertz CT molecular complexity index is 2810. The Hall–Kier alpha value is -6.24. The minimum Gasteiger partial charge on any atom is -0.0622 e. The number of rotatable bonds is 4. The van der Waals surface area contributed by atoms with Crippen molar-refractivity contribution in [2.24, 2.45) is 0 Å². The van der Waals surface area contributed by atoms with E-state index in [1.165, 1.54) is 98.4 Å². The fourth-order valence-electron chi connectivity index (χ4n) is 8.09. The second-order valence-electron chi connectivity index (χ2n) is 12.8. The van der Waals surface area contributed by atoms with Gasteiger partial charge < -0.3 is 0 Å². The van der Waals surface area contributed by atoms with Crippen molar-refractivity contribution in [1.29, 1.82) is 0 Å². The quantitative estimate of drug-likeness (QED) is 0.175. The SMILES string of the molecule is c1ccc(-c2ccccc2-c2cc(-c3cccc4ccccc34)c3ccc4ccc(-c5cccc6ccccc56)c5ccc2c3c45)cc1. The van der Waals surface area contributed by atoms with Crippen LogP contribution >= 0.6 is 0 Å². The maximum absolute atomic E-state index is 2.46. The molecule has 0 heteroatoms. The van der Waals surface area contributed by atoms with Crippen molar-refractivity contribution in [3.05, 3.63) is 182 Å². The van der Waals surface area contributed by atoms with E-state index in [0.29, 0.717) is 0 Å². The molecule has 0 fully saturated rings. The van der Waals surface area contributed by atoms with E-state index < -0.39 is 0 Å². The van der Waals surface area contributed by atoms with Gasteiger partial charge in [-0.2, -0.15) is 0 Å². The third kappa shape index (κ3) is 4.03. The Morgan fingerprint density at radius 3 is 1.38 bits per heavy atom. The Labute approximate surface area is 279 Å². The van der Waals surface area contributed by atoms with Gasteiger partial charge in [-0.3, -0.25) is 0 Å². The zero-order chi connectivity index (χ0) is 31.6. The van der Waals surface area contributed by atoms with Crippen LogP contribution in [-0.2, 0) is 0 Å². The van der Waals surface area contributed by atoms with Gasteiger partial charge in [-0.15, -0.1) is 0 Å². The lowest BCUT2D eigenvalue weighted by Crippen LogP contribution is -1.94. The van der Waals surface area contributed by atoms with Crippen LogP contribution in [0.2, 0.25) is 0 Å². The van der Waals surface area contributed by atoms with Crippen LogP contribution in [0.3, 0.4) is 0 Å². The van der Waals surface area contributed by atoms with Gasteiger partial charge in [-0.1, -0.05) is 176 Å². The largest absolute Gasteiger partial charge is 0.0622 e. The molecule has 0 aliphatic heterocycles. The molecule has 0 saturated heterocycles.